The molecule has 182 valence electrons. The molecule has 0 spiro atoms. The molecule has 2 aromatic carbocycles. The first-order chi connectivity index (χ1) is 17.1. The van der Waals surface area contributed by atoms with Gasteiger partial charge in [0.2, 0.25) is 17.7 Å². The van der Waals surface area contributed by atoms with E-state index in [-0.39, 0.29) is 30.2 Å². The molecule has 1 aliphatic heterocycles. The lowest BCUT2D eigenvalue weighted by Gasteiger charge is -2.41. The van der Waals surface area contributed by atoms with Crippen LogP contribution >= 0.6 is 0 Å². The van der Waals surface area contributed by atoms with Crippen LogP contribution in [0.2, 0.25) is 0 Å². The van der Waals surface area contributed by atoms with Crippen molar-refractivity contribution >= 4 is 28.6 Å². The maximum Gasteiger partial charge on any atom is 0.246 e. The summed E-state index contributed by atoms with van der Waals surface area (Å²) in [5.41, 5.74) is 2.97. The number of aromatic nitrogens is 1. The van der Waals surface area contributed by atoms with E-state index in [4.69, 9.17) is 0 Å². The van der Waals surface area contributed by atoms with E-state index in [1.165, 1.54) is 0 Å². The maximum absolute atomic E-state index is 13.7. The monoisotopic (exact) mass is 472 g/mol. The molecule has 3 aromatic rings. The van der Waals surface area contributed by atoms with Crippen LogP contribution < -0.4 is 10.6 Å². The minimum atomic E-state index is -0.691. The molecule has 2 atom stereocenters. The number of carbonyl (C=O) groups is 3. The number of benzene rings is 2. The fourth-order valence-electron chi connectivity index (χ4n) is 5.58. The van der Waals surface area contributed by atoms with Gasteiger partial charge < -0.3 is 20.5 Å². The quantitative estimate of drug-likeness (QED) is 0.493. The molecular weight excluding hydrogens is 440 g/mol. The molecule has 7 nitrogen and oxygen atoms in total. The van der Waals surface area contributed by atoms with Crippen LogP contribution in [-0.4, -0.2) is 46.2 Å². The number of nitrogens with one attached hydrogen (secondary N) is 3. The molecule has 2 fully saturated rings. The Morgan fingerprint density at radius 2 is 1.74 bits per heavy atom. The molecule has 1 aliphatic carbocycles. The zero-order chi connectivity index (χ0) is 24.2. The highest BCUT2D eigenvalue weighted by Gasteiger charge is 2.43. The predicted molar refractivity (Wildman–Crippen MR) is 134 cm³/mol. The van der Waals surface area contributed by atoms with Crippen molar-refractivity contribution in [2.45, 2.75) is 57.2 Å². The molecular formula is C28H32N4O3. The SMILES string of the molecule is O=C1CN(C(C(=O)NCc2ccccc2)C2CCCCC2)C(=O)C(Cc2c[nH]c3ccccc23)N1. The van der Waals surface area contributed by atoms with Gasteiger partial charge in [0.15, 0.2) is 0 Å². The highest BCUT2D eigenvalue weighted by atomic mass is 16.2. The largest absolute Gasteiger partial charge is 0.361 e. The molecule has 7 heteroatoms. The fraction of sp³-hybridized carbons (Fsp3) is 0.393. The van der Waals surface area contributed by atoms with Crippen LogP contribution in [0.3, 0.4) is 0 Å². The molecule has 2 heterocycles. The first-order valence-electron chi connectivity index (χ1n) is 12.6. The van der Waals surface area contributed by atoms with E-state index < -0.39 is 12.1 Å². The number of H-pyrrole nitrogens is 1. The third-order valence-electron chi connectivity index (χ3n) is 7.34. The average molecular weight is 473 g/mol. The molecule has 1 saturated carbocycles. The van der Waals surface area contributed by atoms with E-state index in [2.05, 4.69) is 15.6 Å². The predicted octanol–water partition coefficient (Wildman–Crippen LogP) is 3.30. The zero-order valence-corrected chi connectivity index (χ0v) is 19.8. The maximum atomic E-state index is 13.7. The number of para-hydroxylation sites is 1. The summed E-state index contributed by atoms with van der Waals surface area (Å²) in [5.74, 6) is -0.510. The zero-order valence-electron chi connectivity index (χ0n) is 19.8. The van der Waals surface area contributed by atoms with Crippen LogP contribution in [0.25, 0.3) is 10.9 Å². The summed E-state index contributed by atoms with van der Waals surface area (Å²) >= 11 is 0. The molecule has 3 amide bonds. The van der Waals surface area contributed by atoms with Gasteiger partial charge in [0.25, 0.3) is 0 Å². The fourth-order valence-corrected chi connectivity index (χ4v) is 5.58. The number of hydrogen-bond acceptors (Lipinski definition) is 3. The normalized spacial score (nSPS) is 20.0. The van der Waals surface area contributed by atoms with E-state index in [0.29, 0.717) is 13.0 Å². The highest BCUT2D eigenvalue weighted by molar-refractivity contribution is 5.98. The summed E-state index contributed by atoms with van der Waals surface area (Å²) in [5, 5.41) is 6.96. The number of fused-ring (bicyclic) bond motifs is 1. The van der Waals surface area contributed by atoms with Gasteiger partial charge in [-0.1, -0.05) is 67.8 Å². The smallest absolute Gasteiger partial charge is 0.246 e. The Kier molecular flexibility index (Phi) is 6.84. The third-order valence-corrected chi connectivity index (χ3v) is 7.34. The number of piperazine rings is 1. The van der Waals surface area contributed by atoms with Crippen molar-refractivity contribution in [2.75, 3.05) is 6.54 Å². The Hall–Kier alpha value is -3.61. The summed E-state index contributed by atoms with van der Waals surface area (Å²) in [4.78, 5) is 44.8. The van der Waals surface area contributed by atoms with Crippen LogP contribution in [0.4, 0.5) is 0 Å². The van der Waals surface area contributed by atoms with Gasteiger partial charge in [-0.25, -0.2) is 0 Å². The molecule has 1 saturated heterocycles. The number of nitrogens with zero attached hydrogens (tertiary/aromatic N) is 1. The molecule has 3 N–H and O–H groups in total. The lowest BCUT2D eigenvalue weighted by atomic mass is 9.82. The van der Waals surface area contributed by atoms with Crippen molar-refractivity contribution < 1.29 is 14.4 Å². The molecule has 35 heavy (non-hydrogen) atoms. The summed E-state index contributed by atoms with van der Waals surface area (Å²) in [6.07, 6.45) is 7.29. The Balaban J connectivity index is 1.37. The Bertz CT molecular complexity index is 1200. The number of aromatic amines is 1. The number of amides is 3. The van der Waals surface area contributed by atoms with Crippen molar-refractivity contribution in [2.24, 2.45) is 5.92 Å². The van der Waals surface area contributed by atoms with Crippen molar-refractivity contribution in [1.29, 1.82) is 0 Å². The van der Waals surface area contributed by atoms with Gasteiger partial charge in [0.1, 0.15) is 18.6 Å². The van der Waals surface area contributed by atoms with Gasteiger partial charge in [-0.3, -0.25) is 14.4 Å². The number of hydrogen-bond donors (Lipinski definition) is 3. The van der Waals surface area contributed by atoms with E-state index >= 15 is 0 Å². The Labute approximate surface area is 205 Å². The van der Waals surface area contributed by atoms with Gasteiger partial charge in [0.05, 0.1) is 0 Å². The van der Waals surface area contributed by atoms with Crippen LogP contribution in [0.1, 0.15) is 43.2 Å². The van der Waals surface area contributed by atoms with E-state index in [1.54, 1.807) is 4.90 Å². The summed E-state index contributed by atoms with van der Waals surface area (Å²) < 4.78 is 0. The molecule has 1 aromatic heterocycles. The first kappa shape index (κ1) is 23.1. The summed E-state index contributed by atoms with van der Waals surface area (Å²) in [6.45, 7) is 0.318. The van der Waals surface area contributed by atoms with Crippen molar-refractivity contribution in [3.63, 3.8) is 0 Å². The molecule has 2 aliphatic rings. The van der Waals surface area contributed by atoms with Crippen LogP contribution in [0, 0.1) is 5.92 Å². The van der Waals surface area contributed by atoms with Crippen molar-refractivity contribution in [1.82, 2.24) is 20.5 Å². The third kappa shape index (κ3) is 5.09. The van der Waals surface area contributed by atoms with Gasteiger partial charge >= 0.3 is 0 Å². The van der Waals surface area contributed by atoms with Gasteiger partial charge in [-0.05, 0) is 36.0 Å². The Morgan fingerprint density at radius 1 is 1.00 bits per heavy atom. The first-order valence-corrected chi connectivity index (χ1v) is 12.6. The van der Waals surface area contributed by atoms with E-state index in [9.17, 15) is 14.4 Å². The second kappa shape index (κ2) is 10.3. The Morgan fingerprint density at radius 3 is 2.54 bits per heavy atom. The standard InChI is InChI=1S/C28H32N4O3/c33-25-18-32(28(35)24(31-25)15-21-17-29-23-14-8-7-13-22(21)23)26(20-11-5-2-6-12-20)27(34)30-16-19-9-3-1-4-10-19/h1,3-4,7-10,13-14,17,20,24,26,29H,2,5-6,11-12,15-16,18H2,(H,30,34)(H,31,33). The lowest BCUT2D eigenvalue weighted by Crippen LogP contribution is -2.65. The average Bonchev–Trinajstić information content (AvgIpc) is 3.29. The van der Waals surface area contributed by atoms with E-state index in [1.807, 2.05) is 60.8 Å². The molecule has 0 radical (unpaired) electrons. The van der Waals surface area contributed by atoms with Crippen LogP contribution in [0.15, 0.2) is 60.8 Å². The minimum absolute atomic E-state index is 0.0584. The van der Waals surface area contributed by atoms with Crippen LogP contribution in [-0.2, 0) is 27.3 Å². The number of carbonyl (C=O) groups excluding carboxylic acids is 3. The lowest BCUT2D eigenvalue weighted by molar-refractivity contribution is -0.152. The molecule has 0 bridgehead atoms. The molecule has 5 rings (SSSR count). The van der Waals surface area contributed by atoms with E-state index in [0.717, 1.165) is 54.1 Å². The second-order valence-electron chi connectivity index (χ2n) is 9.70. The number of rotatable bonds is 7. The topological polar surface area (TPSA) is 94.3 Å². The highest BCUT2D eigenvalue weighted by Crippen LogP contribution is 2.31. The summed E-state index contributed by atoms with van der Waals surface area (Å²) in [7, 11) is 0. The van der Waals surface area contributed by atoms with Gasteiger partial charge in [0, 0.05) is 30.1 Å². The van der Waals surface area contributed by atoms with Crippen molar-refractivity contribution in [3.05, 3.63) is 71.9 Å². The van der Waals surface area contributed by atoms with Crippen LogP contribution in [0.5, 0.6) is 0 Å². The van der Waals surface area contributed by atoms with Gasteiger partial charge in [-0.2, -0.15) is 0 Å². The summed E-state index contributed by atoms with van der Waals surface area (Å²) in [6, 6.07) is 16.3. The minimum Gasteiger partial charge on any atom is -0.361 e. The molecule has 2 unspecified atom stereocenters. The van der Waals surface area contributed by atoms with Crippen molar-refractivity contribution in [3.8, 4) is 0 Å². The van der Waals surface area contributed by atoms with Gasteiger partial charge in [-0.15, -0.1) is 0 Å². The second-order valence-corrected chi connectivity index (χ2v) is 9.70.